The molecule has 0 aliphatic heterocycles. The minimum atomic E-state index is 0.877. The van der Waals surface area contributed by atoms with Gasteiger partial charge in [0.25, 0.3) is 0 Å². The highest BCUT2D eigenvalue weighted by atomic mass is 32.1. The van der Waals surface area contributed by atoms with Crippen molar-refractivity contribution in [1.82, 2.24) is 9.97 Å². The molecule has 4 nitrogen and oxygen atoms in total. The average Bonchev–Trinajstić information content (AvgIpc) is 2.61. The monoisotopic (exact) mass is 206 g/mol. The molecule has 5 heteroatoms. The lowest BCUT2D eigenvalue weighted by atomic mass is 10.4. The van der Waals surface area contributed by atoms with Gasteiger partial charge in [-0.25, -0.2) is 10.8 Å². The molecule has 0 saturated carbocycles. The Morgan fingerprint density at radius 2 is 2.29 bits per heavy atom. The Balaban J connectivity index is 2.43. The van der Waals surface area contributed by atoms with Crippen molar-refractivity contribution in [2.75, 3.05) is 5.43 Å². The Bertz CT molecular complexity index is 424. The van der Waals surface area contributed by atoms with Gasteiger partial charge in [-0.3, -0.25) is 4.98 Å². The van der Waals surface area contributed by atoms with Crippen LogP contribution < -0.4 is 11.3 Å². The van der Waals surface area contributed by atoms with E-state index in [9.17, 15) is 0 Å². The minimum absolute atomic E-state index is 0.877. The van der Waals surface area contributed by atoms with E-state index in [2.05, 4.69) is 15.4 Å². The molecule has 14 heavy (non-hydrogen) atoms. The zero-order valence-electron chi connectivity index (χ0n) is 7.69. The highest BCUT2D eigenvalue weighted by Gasteiger charge is 2.08. The topological polar surface area (TPSA) is 63.8 Å². The number of pyridine rings is 1. The molecule has 0 bridgehead atoms. The Morgan fingerprint density at radius 1 is 1.43 bits per heavy atom. The molecule has 0 spiro atoms. The fourth-order valence-corrected chi connectivity index (χ4v) is 1.98. The molecular formula is C9H10N4S. The maximum absolute atomic E-state index is 5.34. The standard InChI is InChI=1S/C9H10N4S/c1-6-8(13-10)14-9(12-6)7-4-2-3-5-11-7/h2-5,13H,10H2,1H3. The van der Waals surface area contributed by atoms with Crippen molar-refractivity contribution in [3.05, 3.63) is 30.1 Å². The molecule has 0 aliphatic rings. The molecule has 0 saturated heterocycles. The van der Waals surface area contributed by atoms with Gasteiger partial charge in [0, 0.05) is 6.20 Å². The number of rotatable bonds is 2. The average molecular weight is 206 g/mol. The number of hydrogen-bond acceptors (Lipinski definition) is 5. The first-order valence-corrected chi connectivity index (χ1v) is 4.98. The Kier molecular flexibility index (Phi) is 2.43. The van der Waals surface area contributed by atoms with Gasteiger partial charge in [-0.1, -0.05) is 17.4 Å². The number of aryl methyl sites for hydroxylation is 1. The van der Waals surface area contributed by atoms with Gasteiger partial charge in [0.1, 0.15) is 10.0 Å². The summed E-state index contributed by atoms with van der Waals surface area (Å²) in [5.74, 6) is 5.34. The number of aromatic nitrogens is 2. The first-order valence-electron chi connectivity index (χ1n) is 4.16. The van der Waals surface area contributed by atoms with Crippen LogP contribution in [0.3, 0.4) is 0 Å². The van der Waals surface area contributed by atoms with Gasteiger partial charge in [0.05, 0.1) is 11.4 Å². The van der Waals surface area contributed by atoms with Crippen LogP contribution in [0.15, 0.2) is 24.4 Å². The van der Waals surface area contributed by atoms with E-state index in [1.165, 1.54) is 11.3 Å². The summed E-state index contributed by atoms with van der Waals surface area (Å²) in [6.07, 6.45) is 1.75. The van der Waals surface area contributed by atoms with Gasteiger partial charge in [-0.15, -0.1) is 0 Å². The number of thiazole rings is 1. The minimum Gasteiger partial charge on any atom is -0.314 e. The number of hydrazine groups is 1. The van der Waals surface area contributed by atoms with Gasteiger partial charge in [0.15, 0.2) is 0 Å². The van der Waals surface area contributed by atoms with Crippen LogP contribution in [-0.2, 0) is 0 Å². The first kappa shape index (κ1) is 9.11. The lowest BCUT2D eigenvalue weighted by Crippen LogP contribution is -2.05. The van der Waals surface area contributed by atoms with Crippen molar-refractivity contribution in [2.24, 2.45) is 5.84 Å². The maximum Gasteiger partial charge on any atom is 0.144 e. The fourth-order valence-electron chi connectivity index (χ4n) is 1.13. The summed E-state index contributed by atoms with van der Waals surface area (Å²) >= 11 is 1.50. The quantitative estimate of drug-likeness (QED) is 0.581. The molecule has 2 aromatic heterocycles. The molecule has 3 N–H and O–H groups in total. The largest absolute Gasteiger partial charge is 0.314 e. The van der Waals surface area contributed by atoms with Gasteiger partial charge in [-0.2, -0.15) is 0 Å². The number of nitrogen functional groups attached to an aromatic ring is 1. The predicted molar refractivity (Wildman–Crippen MR) is 57.9 cm³/mol. The van der Waals surface area contributed by atoms with E-state index in [0.717, 1.165) is 21.4 Å². The summed E-state index contributed by atoms with van der Waals surface area (Å²) in [5.41, 5.74) is 4.39. The summed E-state index contributed by atoms with van der Waals surface area (Å²) in [5, 5.41) is 1.77. The molecule has 0 radical (unpaired) electrons. The van der Waals surface area contributed by atoms with Gasteiger partial charge < -0.3 is 5.43 Å². The molecular weight excluding hydrogens is 196 g/mol. The molecule has 72 valence electrons. The van der Waals surface area contributed by atoms with Gasteiger partial charge >= 0.3 is 0 Å². The van der Waals surface area contributed by atoms with Crippen LogP contribution in [0.2, 0.25) is 0 Å². The van der Waals surface area contributed by atoms with E-state index < -0.39 is 0 Å². The molecule has 2 heterocycles. The zero-order chi connectivity index (χ0) is 9.97. The van der Waals surface area contributed by atoms with Crippen molar-refractivity contribution in [2.45, 2.75) is 6.92 Å². The normalized spacial score (nSPS) is 10.1. The lowest BCUT2D eigenvalue weighted by Gasteiger charge is -1.92. The van der Waals surface area contributed by atoms with Crippen molar-refractivity contribution >= 4 is 16.3 Å². The smallest absolute Gasteiger partial charge is 0.144 e. The fraction of sp³-hybridized carbons (Fsp3) is 0.111. The first-order chi connectivity index (χ1) is 6.81. The number of hydrogen-bond donors (Lipinski definition) is 2. The number of nitrogens with two attached hydrogens (primary N) is 1. The summed E-state index contributed by atoms with van der Waals surface area (Å²) in [4.78, 5) is 8.58. The SMILES string of the molecule is Cc1nc(-c2ccccn2)sc1NN. The Hall–Kier alpha value is -1.46. The van der Waals surface area contributed by atoms with Crippen LogP contribution in [0, 0.1) is 6.92 Å². The van der Waals surface area contributed by atoms with Crippen molar-refractivity contribution < 1.29 is 0 Å². The van der Waals surface area contributed by atoms with E-state index in [0.29, 0.717) is 0 Å². The van der Waals surface area contributed by atoms with Crippen molar-refractivity contribution in [3.63, 3.8) is 0 Å². The second-order valence-electron chi connectivity index (χ2n) is 2.79. The Labute approximate surface area is 85.8 Å². The van der Waals surface area contributed by atoms with Crippen molar-refractivity contribution in [3.8, 4) is 10.7 Å². The van der Waals surface area contributed by atoms with Crippen LogP contribution in [0.4, 0.5) is 5.00 Å². The summed E-state index contributed by atoms with van der Waals surface area (Å²) in [6, 6.07) is 5.75. The van der Waals surface area contributed by atoms with Crippen LogP contribution >= 0.6 is 11.3 Å². The van der Waals surface area contributed by atoms with Crippen LogP contribution in [0.5, 0.6) is 0 Å². The molecule has 2 rings (SSSR count). The predicted octanol–water partition coefficient (Wildman–Crippen LogP) is 1.80. The second kappa shape index (κ2) is 3.73. The number of nitrogens with one attached hydrogen (secondary N) is 1. The number of nitrogens with zero attached hydrogens (tertiary/aromatic N) is 2. The maximum atomic E-state index is 5.34. The highest BCUT2D eigenvalue weighted by molar-refractivity contribution is 7.19. The second-order valence-corrected chi connectivity index (χ2v) is 3.79. The van der Waals surface area contributed by atoms with E-state index in [-0.39, 0.29) is 0 Å². The van der Waals surface area contributed by atoms with E-state index in [4.69, 9.17) is 5.84 Å². The summed E-state index contributed by atoms with van der Waals surface area (Å²) in [7, 11) is 0. The van der Waals surface area contributed by atoms with E-state index in [1.54, 1.807) is 6.20 Å². The van der Waals surface area contributed by atoms with Crippen LogP contribution in [0.25, 0.3) is 10.7 Å². The molecule has 0 amide bonds. The third-order valence-electron chi connectivity index (χ3n) is 1.81. The van der Waals surface area contributed by atoms with E-state index in [1.807, 2.05) is 25.1 Å². The number of anilines is 1. The molecule has 2 aromatic rings. The molecule has 0 unspecified atom stereocenters. The molecule has 0 aromatic carbocycles. The summed E-state index contributed by atoms with van der Waals surface area (Å²) in [6.45, 7) is 1.91. The summed E-state index contributed by atoms with van der Waals surface area (Å²) < 4.78 is 0. The Morgan fingerprint density at radius 3 is 2.86 bits per heavy atom. The van der Waals surface area contributed by atoms with Gasteiger partial charge in [-0.05, 0) is 19.1 Å². The van der Waals surface area contributed by atoms with Crippen LogP contribution in [-0.4, -0.2) is 9.97 Å². The lowest BCUT2D eigenvalue weighted by molar-refractivity contribution is 1.22. The molecule has 0 fully saturated rings. The molecule has 0 atom stereocenters. The molecule has 0 aliphatic carbocycles. The van der Waals surface area contributed by atoms with E-state index >= 15 is 0 Å². The third-order valence-corrected chi connectivity index (χ3v) is 2.92. The van der Waals surface area contributed by atoms with Crippen molar-refractivity contribution in [1.29, 1.82) is 0 Å². The van der Waals surface area contributed by atoms with Crippen LogP contribution in [0.1, 0.15) is 5.69 Å². The van der Waals surface area contributed by atoms with Gasteiger partial charge in [0.2, 0.25) is 0 Å². The third kappa shape index (κ3) is 1.59. The zero-order valence-corrected chi connectivity index (χ0v) is 8.51. The highest BCUT2D eigenvalue weighted by Crippen LogP contribution is 2.29.